The third kappa shape index (κ3) is 1.86. The van der Waals surface area contributed by atoms with Crippen LogP contribution in [0.4, 0.5) is 13.2 Å². The Morgan fingerprint density at radius 2 is 2.21 bits per heavy atom. The summed E-state index contributed by atoms with van der Waals surface area (Å²) in [5.41, 5.74) is -3.06. The smallest absolute Gasteiger partial charge is 0.431 e. The van der Waals surface area contributed by atoms with Gasteiger partial charge in [-0.25, -0.2) is 4.79 Å². The lowest BCUT2D eigenvalue weighted by Crippen LogP contribution is -2.51. The molecule has 0 aromatic heterocycles. The van der Waals surface area contributed by atoms with Gasteiger partial charge in [-0.2, -0.15) is 13.2 Å². The Morgan fingerprint density at radius 3 is 2.64 bits per heavy atom. The van der Waals surface area contributed by atoms with Crippen LogP contribution in [0.5, 0.6) is 0 Å². The van der Waals surface area contributed by atoms with Crippen LogP contribution in [-0.4, -0.2) is 29.1 Å². The summed E-state index contributed by atoms with van der Waals surface area (Å²) in [5.74, 6) is -1.47. The summed E-state index contributed by atoms with van der Waals surface area (Å²) in [5, 5.41) is 10.4. The minimum atomic E-state index is -4.59. The number of hydrogen-bond acceptors (Lipinski definition) is 3. The number of alkyl halides is 3. The number of aliphatic imine (C=N–C) groups is 1. The van der Waals surface area contributed by atoms with E-state index in [-0.39, 0.29) is 0 Å². The van der Waals surface area contributed by atoms with E-state index in [0.29, 0.717) is 6.08 Å². The second kappa shape index (κ2) is 3.00. The molecule has 14 heavy (non-hydrogen) atoms. The molecule has 1 aliphatic rings. The van der Waals surface area contributed by atoms with Crippen molar-refractivity contribution >= 4 is 12.2 Å². The van der Waals surface area contributed by atoms with Crippen molar-refractivity contribution in [2.75, 3.05) is 0 Å². The van der Waals surface area contributed by atoms with Crippen LogP contribution in [0.3, 0.4) is 0 Å². The van der Waals surface area contributed by atoms with E-state index in [1.165, 1.54) is 0 Å². The first-order chi connectivity index (χ1) is 6.26. The van der Waals surface area contributed by atoms with E-state index in [2.05, 4.69) is 4.99 Å². The number of rotatable bonds is 1. The number of carbonyl (C=O) groups is 1. The van der Waals surface area contributed by atoms with Crippen molar-refractivity contribution in [3.63, 3.8) is 0 Å². The largest absolute Gasteiger partial charge is 0.478 e. The molecule has 1 atom stereocenters. The van der Waals surface area contributed by atoms with E-state index < -0.39 is 23.5 Å². The number of allylic oxidation sites excluding steroid dienone is 2. The summed E-state index contributed by atoms with van der Waals surface area (Å²) in [6, 6.07) is 0. The molecule has 0 aliphatic carbocycles. The fourth-order valence-corrected chi connectivity index (χ4v) is 0.871. The zero-order valence-corrected chi connectivity index (χ0v) is 7.09. The topological polar surface area (TPSA) is 61.7 Å². The number of halogens is 3. The quantitative estimate of drug-likeness (QED) is 0.673. The monoisotopic (exact) mass is 208 g/mol. The number of nitrogens with one attached hydrogen (secondary N) is 1. The molecular formula is C7H7F3N2O2. The highest BCUT2D eigenvalue weighted by molar-refractivity contribution is 5.84. The molecule has 4 nitrogen and oxygen atoms in total. The molecule has 0 spiro atoms. The molecule has 0 aromatic carbocycles. The maximum Gasteiger partial charge on any atom is 0.431 e. The highest BCUT2D eigenvalue weighted by Gasteiger charge is 2.42. The molecule has 0 radical (unpaired) electrons. The Bertz CT molecular complexity index is 321. The molecule has 0 aromatic rings. The van der Waals surface area contributed by atoms with Crippen LogP contribution < -0.4 is 5.32 Å². The number of hydrogen-bond donors (Lipinski definition) is 2. The molecule has 78 valence electrons. The second-order valence-corrected chi connectivity index (χ2v) is 2.86. The lowest BCUT2D eigenvalue weighted by molar-refractivity contribution is -0.145. The lowest BCUT2D eigenvalue weighted by atomic mass is 10.1. The minimum Gasteiger partial charge on any atom is -0.478 e. The predicted molar refractivity (Wildman–Crippen MR) is 41.8 cm³/mol. The van der Waals surface area contributed by atoms with Crippen LogP contribution in [0.15, 0.2) is 16.8 Å². The Morgan fingerprint density at radius 1 is 1.64 bits per heavy atom. The van der Waals surface area contributed by atoms with E-state index in [4.69, 9.17) is 5.11 Å². The van der Waals surface area contributed by atoms with Gasteiger partial charge in [0, 0.05) is 6.21 Å². The summed E-state index contributed by atoms with van der Waals surface area (Å²) < 4.78 is 36.5. The first-order valence-corrected chi connectivity index (χ1v) is 3.60. The van der Waals surface area contributed by atoms with Crippen LogP contribution in [0.1, 0.15) is 6.92 Å². The summed E-state index contributed by atoms with van der Waals surface area (Å²) in [6.45, 7) is 1.05. The molecule has 0 bridgehead atoms. The zero-order valence-electron chi connectivity index (χ0n) is 7.09. The molecule has 1 aliphatic heterocycles. The second-order valence-electron chi connectivity index (χ2n) is 2.86. The number of carboxylic acids is 1. The van der Waals surface area contributed by atoms with Gasteiger partial charge in [-0.05, 0) is 13.0 Å². The molecular weight excluding hydrogens is 201 g/mol. The Balaban J connectivity index is 2.95. The van der Waals surface area contributed by atoms with E-state index in [1.54, 1.807) is 0 Å². The Kier molecular flexibility index (Phi) is 2.26. The van der Waals surface area contributed by atoms with Gasteiger partial charge < -0.3 is 10.4 Å². The van der Waals surface area contributed by atoms with Gasteiger partial charge in [-0.3, -0.25) is 4.99 Å². The maximum absolute atomic E-state index is 12.2. The first kappa shape index (κ1) is 10.6. The highest BCUT2D eigenvalue weighted by atomic mass is 19.4. The fourth-order valence-electron chi connectivity index (χ4n) is 0.871. The van der Waals surface area contributed by atoms with Gasteiger partial charge in [-0.1, -0.05) is 0 Å². The van der Waals surface area contributed by atoms with E-state index in [0.717, 1.165) is 13.1 Å². The lowest BCUT2D eigenvalue weighted by Gasteiger charge is -2.27. The van der Waals surface area contributed by atoms with Crippen molar-refractivity contribution in [2.45, 2.75) is 18.8 Å². The van der Waals surface area contributed by atoms with Crippen LogP contribution >= 0.6 is 0 Å². The van der Waals surface area contributed by atoms with Crippen molar-refractivity contribution in [1.29, 1.82) is 0 Å². The van der Waals surface area contributed by atoms with Crippen molar-refractivity contribution in [3.05, 3.63) is 11.8 Å². The molecule has 0 amide bonds. The number of nitrogens with zero attached hydrogens (tertiary/aromatic N) is 1. The van der Waals surface area contributed by atoms with Crippen LogP contribution in [0.2, 0.25) is 0 Å². The molecule has 0 fully saturated rings. The van der Waals surface area contributed by atoms with E-state index >= 15 is 0 Å². The molecule has 1 heterocycles. The summed E-state index contributed by atoms with van der Waals surface area (Å²) in [7, 11) is 0. The van der Waals surface area contributed by atoms with Crippen molar-refractivity contribution in [2.24, 2.45) is 4.99 Å². The number of carboxylic acid groups (broad SMARTS) is 1. The molecule has 2 N–H and O–H groups in total. The fraction of sp³-hybridized carbons (Fsp3) is 0.429. The van der Waals surface area contributed by atoms with Gasteiger partial charge >= 0.3 is 12.1 Å². The Hall–Kier alpha value is -1.53. The van der Waals surface area contributed by atoms with Gasteiger partial charge in [0.15, 0.2) is 0 Å². The summed E-state index contributed by atoms with van der Waals surface area (Å²) >= 11 is 0. The van der Waals surface area contributed by atoms with Gasteiger partial charge in [0.25, 0.3) is 0 Å². The van der Waals surface area contributed by atoms with Crippen LogP contribution in [0, 0.1) is 0 Å². The van der Waals surface area contributed by atoms with Crippen molar-refractivity contribution in [3.8, 4) is 0 Å². The highest BCUT2D eigenvalue weighted by Crippen LogP contribution is 2.27. The van der Waals surface area contributed by atoms with Crippen molar-refractivity contribution in [1.82, 2.24) is 5.32 Å². The average molecular weight is 208 g/mol. The van der Waals surface area contributed by atoms with Gasteiger partial charge in [0.1, 0.15) is 5.70 Å². The molecule has 1 unspecified atom stereocenters. The van der Waals surface area contributed by atoms with Crippen molar-refractivity contribution < 1.29 is 23.1 Å². The van der Waals surface area contributed by atoms with Gasteiger partial charge in [0.05, 0.1) is 0 Å². The third-order valence-electron chi connectivity index (χ3n) is 1.67. The normalized spacial score (nSPS) is 26.7. The van der Waals surface area contributed by atoms with Crippen LogP contribution in [0.25, 0.3) is 0 Å². The first-order valence-electron chi connectivity index (χ1n) is 3.60. The third-order valence-corrected chi connectivity index (χ3v) is 1.67. The molecule has 0 saturated heterocycles. The van der Waals surface area contributed by atoms with Crippen LogP contribution in [-0.2, 0) is 4.79 Å². The van der Waals surface area contributed by atoms with Gasteiger partial charge in [0.2, 0.25) is 5.66 Å². The Labute approximate surface area is 77.1 Å². The standard InChI is InChI=1S/C7H7F3N2O2/c1-6(5(13)14)11-3-2-4(12-6)7(8,9)10/h2-3,12H,1H3,(H,13,14). The summed E-state index contributed by atoms with van der Waals surface area (Å²) in [4.78, 5) is 14.0. The SMILES string of the molecule is CC1(C(=O)O)N=CC=C(C(F)(F)F)N1. The van der Waals surface area contributed by atoms with Gasteiger partial charge in [-0.15, -0.1) is 0 Å². The zero-order chi connectivity index (χ0) is 11.0. The summed E-state index contributed by atoms with van der Waals surface area (Å²) in [6.07, 6.45) is -3.08. The molecule has 7 heteroatoms. The molecule has 0 saturated carbocycles. The minimum absolute atomic E-state index is 0.685. The van der Waals surface area contributed by atoms with E-state index in [9.17, 15) is 18.0 Å². The molecule has 1 rings (SSSR count). The predicted octanol–water partition coefficient (Wildman–Crippen LogP) is 0.907. The average Bonchev–Trinajstić information content (AvgIpc) is 2.02. The van der Waals surface area contributed by atoms with E-state index in [1.807, 2.05) is 5.32 Å². The number of aliphatic carboxylic acids is 1. The maximum atomic E-state index is 12.2.